The van der Waals surface area contributed by atoms with Gasteiger partial charge < -0.3 is 10.6 Å². The number of nitrogens with zero attached hydrogens (tertiary/aromatic N) is 3. The van der Waals surface area contributed by atoms with E-state index in [-0.39, 0.29) is 5.56 Å². The van der Waals surface area contributed by atoms with Crippen LogP contribution >= 0.6 is 24.0 Å². The topological polar surface area (TPSA) is 88.9 Å². The highest BCUT2D eigenvalue weighted by Gasteiger charge is 2.16. The summed E-state index contributed by atoms with van der Waals surface area (Å²) in [5, 5.41) is 6.73. The molecule has 0 spiro atoms. The van der Waals surface area contributed by atoms with E-state index in [1.54, 1.807) is 24.4 Å². The molecule has 0 aliphatic rings. The summed E-state index contributed by atoms with van der Waals surface area (Å²) in [4.78, 5) is 34.1. The van der Waals surface area contributed by atoms with E-state index >= 15 is 0 Å². The van der Waals surface area contributed by atoms with Crippen LogP contribution in [0.4, 0.5) is 11.4 Å². The number of hydrogen-bond acceptors (Lipinski definition) is 7. The zero-order valence-electron chi connectivity index (χ0n) is 14.3. The molecule has 136 valence electrons. The van der Waals surface area contributed by atoms with Gasteiger partial charge in [-0.15, -0.1) is 24.0 Å². The van der Waals surface area contributed by atoms with Crippen LogP contribution in [0.25, 0.3) is 26.1 Å². The van der Waals surface area contributed by atoms with Gasteiger partial charge >= 0.3 is 0 Å². The zero-order chi connectivity index (χ0) is 19.0. The maximum Gasteiger partial charge on any atom is 0.275 e. The second-order valence-corrected chi connectivity index (χ2v) is 7.21. The number of thiol groups is 1. The van der Waals surface area contributed by atoms with Crippen molar-refractivity contribution in [3.63, 3.8) is 0 Å². The molecule has 4 rings (SSSR count). The van der Waals surface area contributed by atoms with Crippen LogP contribution in [0.5, 0.6) is 0 Å². The predicted molar refractivity (Wildman–Crippen MR) is 112 cm³/mol. The highest BCUT2D eigenvalue weighted by atomic mass is 32.1. The number of nitrogens with one attached hydrogen (secondary N) is 2. The Kier molecular flexibility index (Phi) is 4.54. The van der Waals surface area contributed by atoms with Gasteiger partial charge in [0.25, 0.3) is 5.56 Å². The molecule has 2 N–H and O–H groups in total. The minimum atomic E-state index is -0.186. The zero-order valence-corrected chi connectivity index (χ0v) is 16.0. The molecule has 0 aliphatic heterocycles. The molecule has 9 heteroatoms. The van der Waals surface area contributed by atoms with Crippen LogP contribution in [0.3, 0.4) is 0 Å². The normalized spacial score (nSPS) is 11.0. The van der Waals surface area contributed by atoms with E-state index < -0.39 is 0 Å². The lowest BCUT2D eigenvalue weighted by molar-refractivity contribution is -0.105. The second-order valence-electron chi connectivity index (χ2n) is 5.73. The quantitative estimate of drug-likeness (QED) is 0.355. The fourth-order valence-electron chi connectivity index (χ4n) is 2.93. The molecule has 0 saturated carbocycles. The van der Waals surface area contributed by atoms with Gasteiger partial charge in [-0.25, -0.2) is 9.97 Å². The number of anilines is 2. The lowest BCUT2D eigenvalue weighted by Gasteiger charge is -2.09. The van der Waals surface area contributed by atoms with Crippen molar-refractivity contribution in [1.82, 2.24) is 14.5 Å². The van der Waals surface area contributed by atoms with Gasteiger partial charge in [-0.1, -0.05) is 0 Å². The number of pyridine rings is 1. The summed E-state index contributed by atoms with van der Waals surface area (Å²) in [6.45, 7) is 2.77. The van der Waals surface area contributed by atoms with E-state index in [0.29, 0.717) is 32.9 Å². The monoisotopic (exact) mass is 397 g/mol. The molecule has 1 aromatic carbocycles. The van der Waals surface area contributed by atoms with Gasteiger partial charge in [0.1, 0.15) is 15.9 Å². The van der Waals surface area contributed by atoms with Gasteiger partial charge in [0.15, 0.2) is 0 Å². The molecule has 0 radical (unpaired) electrons. The Balaban J connectivity index is 1.95. The van der Waals surface area contributed by atoms with E-state index in [2.05, 4.69) is 33.2 Å². The molecular formula is C18H15N5O2S2. The predicted octanol–water partition coefficient (Wildman–Crippen LogP) is 3.28. The molecular weight excluding hydrogens is 382 g/mol. The van der Waals surface area contributed by atoms with Crippen LogP contribution in [-0.4, -0.2) is 27.5 Å². The van der Waals surface area contributed by atoms with E-state index in [1.165, 1.54) is 22.2 Å². The van der Waals surface area contributed by atoms with Crippen molar-refractivity contribution in [2.45, 2.75) is 11.8 Å². The fraction of sp³-hybridized carbons (Fsp3) is 0.111. The Morgan fingerprint density at radius 3 is 2.89 bits per heavy atom. The highest BCUT2D eigenvalue weighted by molar-refractivity contribution is 7.80. The maximum atomic E-state index is 13.1. The van der Waals surface area contributed by atoms with Crippen LogP contribution in [0.2, 0.25) is 0 Å². The summed E-state index contributed by atoms with van der Waals surface area (Å²) in [5.74, 6) is 0. The Bertz CT molecular complexity index is 1230. The number of aromatic nitrogens is 3. The first-order chi connectivity index (χ1) is 13.1. The first-order valence-electron chi connectivity index (χ1n) is 8.20. The molecule has 7 nitrogen and oxygen atoms in total. The molecule has 0 aliphatic carbocycles. The molecule has 0 unspecified atom stereocenters. The van der Waals surface area contributed by atoms with Gasteiger partial charge in [-0.2, -0.15) is 0 Å². The van der Waals surface area contributed by atoms with Gasteiger partial charge in [-0.3, -0.25) is 14.2 Å². The third-order valence-corrected chi connectivity index (χ3v) is 5.59. The Hall–Kier alpha value is -2.91. The number of carbonyl (C=O) groups excluding carboxylic acids is 1. The number of carbonyl (C=O) groups is 1. The number of hydrogen-bond donors (Lipinski definition) is 3. The Morgan fingerprint density at radius 1 is 1.26 bits per heavy atom. The fourth-order valence-corrected chi connectivity index (χ4v) is 4.18. The first kappa shape index (κ1) is 17.5. The van der Waals surface area contributed by atoms with Crippen molar-refractivity contribution in [2.24, 2.45) is 0 Å². The summed E-state index contributed by atoms with van der Waals surface area (Å²) < 4.78 is 1.98. The summed E-state index contributed by atoms with van der Waals surface area (Å²) >= 11 is 5.62. The first-order valence-corrected chi connectivity index (χ1v) is 9.46. The van der Waals surface area contributed by atoms with Crippen molar-refractivity contribution in [2.75, 3.05) is 17.2 Å². The van der Waals surface area contributed by atoms with E-state index in [1.807, 2.05) is 13.0 Å². The number of benzene rings is 1. The number of thiophene rings is 1. The van der Waals surface area contributed by atoms with E-state index in [0.717, 1.165) is 22.4 Å². The molecule has 4 aromatic rings. The number of rotatable bonds is 5. The van der Waals surface area contributed by atoms with Crippen LogP contribution in [0.15, 0.2) is 46.5 Å². The highest BCUT2D eigenvalue weighted by Crippen LogP contribution is 2.34. The third-order valence-electron chi connectivity index (χ3n) is 4.12. The Morgan fingerprint density at radius 2 is 2.11 bits per heavy atom. The molecule has 0 fully saturated rings. The largest absolute Gasteiger partial charge is 0.385 e. The molecule has 3 heterocycles. The van der Waals surface area contributed by atoms with Crippen LogP contribution in [0.1, 0.15) is 6.92 Å². The van der Waals surface area contributed by atoms with Crippen molar-refractivity contribution in [1.29, 1.82) is 0 Å². The van der Waals surface area contributed by atoms with Crippen LogP contribution in [-0.2, 0) is 4.79 Å². The van der Waals surface area contributed by atoms with Crippen molar-refractivity contribution >= 4 is 62.2 Å². The third kappa shape index (κ3) is 2.94. The lowest BCUT2D eigenvalue weighted by atomic mass is 10.2. The van der Waals surface area contributed by atoms with Gasteiger partial charge in [0.05, 0.1) is 22.3 Å². The average Bonchev–Trinajstić information content (AvgIpc) is 3.05. The minimum Gasteiger partial charge on any atom is -0.385 e. The molecule has 27 heavy (non-hydrogen) atoms. The molecule has 1 amide bonds. The van der Waals surface area contributed by atoms with Crippen LogP contribution < -0.4 is 16.2 Å². The Labute approximate surface area is 163 Å². The summed E-state index contributed by atoms with van der Waals surface area (Å²) in [6, 6.07) is 7.04. The lowest BCUT2D eigenvalue weighted by Crippen LogP contribution is -2.18. The summed E-state index contributed by atoms with van der Waals surface area (Å²) in [7, 11) is 0. The number of amides is 1. The minimum absolute atomic E-state index is 0.186. The van der Waals surface area contributed by atoms with Crippen molar-refractivity contribution in [3.05, 3.63) is 47.1 Å². The van der Waals surface area contributed by atoms with Crippen molar-refractivity contribution in [3.8, 4) is 5.69 Å². The molecule has 0 saturated heterocycles. The smallest absolute Gasteiger partial charge is 0.275 e. The molecule has 0 atom stereocenters. The molecule has 0 bridgehead atoms. The van der Waals surface area contributed by atoms with E-state index in [4.69, 9.17) is 0 Å². The average molecular weight is 397 g/mol. The van der Waals surface area contributed by atoms with Gasteiger partial charge in [0.2, 0.25) is 6.41 Å². The number of fused-ring (bicyclic) bond motifs is 3. The second kappa shape index (κ2) is 7.01. The van der Waals surface area contributed by atoms with Crippen LogP contribution in [0, 0.1) is 0 Å². The maximum absolute atomic E-state index is 13.1. The van der Waals surface area contributed by atoms with Crippen molar-refractivity contribution < 1.29 is 4.79 Å². The van der Waals surface area contributed by atoms with Gasteiger partial charge in [0, 0.05) is 23.3 Å². The molecule has 3 aromatic heterocycles. The standard InChI is InChI=1S/C18H15N5O2S2/c1-2-19-11-5-6-20-17-14(11)15-16(27-17)18(25)23(8-21-15)10-3-4-13(26)12(7-10)22-9-24/h3-9,26H,2H2,1H3,(H,19,20)(H,22,24). The summed E-state index contributed by atoms with van der Waals surface area (Å²) in [5.41, 5.74) is 2.47. The summed E-state index contributed by atoms with van der Waals surface area (Å²) in [6.07, 6.45) is 3.79. The van der Waals surface area contributed by atoms with E-state index in [9.17, 15) is 9.59 Å². The SMILES string of the molecule is CCNc1ccnc2sc3c(=O)n(-c4ccc(S)c(NC=O)c4)cnc3c12. The van der Waals surface area contributed by atoms with Gasteiger partial charge in [-0.05, 0) is 31.2 Å².